The van der Waals surface area contributed by atoms with Crippen LogP contribution < -0.4 is 20.1 Å². The van der Waals surface area contributed by atoms with Crippen LogP contribution >= 0.6 is 0 Å². The normalized spacial score (nSPS) is 11.6. The number of ether oxygens (including phenoxy) is 2. The highest BCUT2D eigenvalue weighted by molar-refractivity contribution is 5.96. The number of hydrogen-bond donors (Lipinski definition) is 2. The Morgan fingerprint density at radius 1 is 1.03 bits per heavy atom. The molecular weight excluding hydrogens is 406 g/mol. The molecular formula is C23H28F2N2O4. The lowest BCUT2D eigenvalue weighted by molar-refractivity contribution is -0.120. The van der Waals surface area contributed by atoms with Gasteiger partial charge in [-0.2, -0.15) is 8.78 Å². The van der Waals surface area contributed by atoms with Crippen molar-refractivity contribution in [1.82, 2.24) is 10.6 Å². The van der Waals surface area contributed by atoms with Crippen molar-refractivity contribution < 1.29 is 27.8 Å². The Balaban J connectivity index is 1.90. The molecule has 2 rings (SSSR count). The lowest BCUT2D eigenvalue weighted by atomic mass is 10.0. The van der Waals surface area contributed by atoms with Crippen LogP contribution in [0.5, 0.6) is 11.5 Å². The van der Waals surface area contributed by atoms with Gasteiger partial charge in [0, 0.05) is 11.1 Å². The molecule has 1 unspecified atom stereocenters. The predicted octanol–water partition coefficient (Wildman–Crippen LogP) is 4.46. The van der Waals surface area contributed by atoms with Crippen LogP contribution in [-0.4, -0.2) is 31.6 Å². The van der Waals surface area contributed by atoms with Gasteiger partial charge in [0.25, 0.3) is 5.91 Å². The van der Waals surface area contributed by atoms with Crippen LogP contribution in [0, 0.1) is 0 Å². The van der Waals surface area contributed by atoms with Crippen LogP contribution in [0.25, 0.3) is 0 Å². The molecule has 0 aliphatic heterocycles. The van der Waals surface area contributed by atoms with E-state index in [1.807, 2.05) is 6.92 Å². The maximum absolute atomic E-state index is 12.6. The quantitative estimate of drug-likeness (QED) is 0.484. The molecule has 2 N–H and O–H groups in total. The highest BCUT2D eigenvalue weighted by atomic mass is 19.3. The van der Waals surface area contributed by atoms with Gasteiger partial charge in [-0.15, -0.1) is 0 Å². The first-order valence-electron chi connectivity index (χ1n) is 10.3. The number of unbranched alkanes of at least 4 members (excludes halogenated alkanes) is 1. The van der Waals surface area contributed by atoms with E-state index < -0.39 is 24.5 Å². The first-order valence-corrected chi connectivity index (χ1v) is 10.3. The number of alkyl halides is 2. The number of nitrogens with one attached hydrogen (secondary N) is 2. The van der Waals surface area contributed by atoms with Crippen molar-refractivity contribution in [2.24, 2.45) is 0 Å². The summed E-state index contributed by atoms with van der Waals surface area (Å²) in [6.07, 6.45) is 2.45. The zero-order chi connectivity index (χ0) is 22.6. The molecule has 0 radical (unpaired) electrons. The van der Waals surface area contributed by atoms with Gasteiger partial charge in [0.2, 0.25) is 5.91 Å². The minimum absolute atomic E-state index is 0.00920. The van der Waals surface area contributed by atoms with E-state index in [1.54, 1.807) is 42.5 Å². The monoisotopic (exact) mass is 434 g/mol. The lowest BCUT2D eigenvalue weighted by Gasteiger charge is -2.20. The van der Waals surface area contributed by atoms with E-state index in [4.69, 9.17) is 4.74 Å². The predicted molar refractivity (Wildman–Crippen MR) is 113 cm³/mol. The standard InChI is InChI=1S/C23H28F2N2O4/c1-3-5-14-30-17-12-10-16(11-13-17)22(29)26-15-21(28)27-19(4-2)18-8-6-7-9-20(18)31-23(24)25/h6-13,19,23H,3-5,14-15H2,1-2H3,(H,26,29)(H,27,28). The summed E-state index contributed by atoms with van der Waals surface area (Å²) in [7, 11) is 0. The van der Waals surface area contributed by atoms with E-state index in [0.717, 1.165) is 12.8 Å². The van der Waals surface area contributed by atoms with Gasteiger partial charge in [-0.25, -0.2) is 0 Å². The Morgan fingerprint density at radius 2 is 1.74 bits per heavy atom. The highest BCUT2D eigenvalue weighted by Gasteiger charge is 2.19. The Labute approximate surface area is 180 Å². The van der Waals surface area contributed by atoms with Crippen LogP contribution in [0.3, 0.4) is 0 Å². The second kappa shape index (κ2) is 12.5. The first kappa shape index (κ1) is 24.1. The van der Waals surface area contributed by atoms with Gasteiger partial charge in [0.1, 0.15) is 11.5 Å². The molecule has 1 atom stereocenters. The van der Waals surface area contributed by atoms with Gasteiger partial charge in [-0.3, -0.25) is 9.59 Å². The molecule has 2 amide bonds. The highest BCUT2D eigenvalue weighted by Crippen LogP contribution is 2.28. The van der Waals surface area contributed by atoms with Crippen LogP contribution in [0.15, 0.2) is 48.5 Å². The van der Waals surface area contributed by atoms with Crippen LogP contribution in [-0.2, 0) is 4.79 Å². The fourth-order valence-corrected chi connectivity index (χ4v) is 2.92. The zero-order valence-electron chi connectivity index (χ0n) is 17.7. The fraction of sp³-hybridized carbons (Fsp3) is 0.391. The molecule has 6 nitrogen and oxygen atoms in total. The maximum Gasteiger partial charge on any atom is 0.387 e. The summed E-state index contributed by atoms with van der Waals surface area (Å²) >= 11 is 0. The van der Waals surface area contributed by atoms with Gasteiger partial charge < -0.3 is 20.1 Å². The second-order valence-electron chi connectivity index (χ2n) is 6.85. The summed E-state index contributed by atoms with van der Waals surface area (Å²) in [5.74, 6) is -0.149. The minimum atomic E-state index is -2.96. The SMILES string of the molecule is CCCCOc1ccc(C(=O)NCC(=O)NC(CC)c2ccccc2OC(F)F)cc1. The van der Waals surface area contributed by atoms with E-state index in [0.29, 0.717) is 29.9 Å². The average Bonchev–Trinajstić information content (AvgIpc) is 2.76. The molecule has 168 valence electrons. The summed E-state index contributed by atoms with van der Waals surface area (Å²) < 4.78 is 35.4. The number of rotatable bonds is 12. The van der Waals surface area contributed by atoms with Crippen molar-refractivity contribution in [3.05, 3.63) is 59.7 Å². The molecule has 0 aliphatic rings. The summed E-state index contributed by atoms with van der Waals surface area (Å²) in [4.78, 5) is 24.6. The van der Waals surface area contributed by atoms with Crippen molar-refractivity contribution in [2.45, 2.75) is 45.8 Å². The molecule has 8 heteroatoms. The zero-order valence-corrected chi connectivity index (χ0v) is 17.7. The number of halogens is 2. The van der Waals surface area contributed by atoms with Crippen molar-refractivity contribution in [1.29, 1.82) is 0 Å². The molecule has 0 spiro atoms. The van der Waals surface area contributed by atoms with Gasteiger partial charge in [-0.05, 0) is 43.2 Å². The Morgan fingerprint density at radius 3 is 2.39 bits per heavy atom. The molecule has 0 saturated carbocycles. The second-order valence-corrected chi connectivity index (χ2v) is 6.85. The number of benzene rings is 2. The van der Waals surface area contributed by atoms with Crippen molar-refractivity contribution in [2.75, 3.05) is 13.2 Å². The van der Waals surface area contributed by atoms with Crippen LogP contribution in [0.1, 0.15) is 55.1 Å². The number of amides is 2. The van der Waals surface area contributed by atoms with E-state index >= 15 is 0 Å². The van der Waals surface area contributed by atoms with E-state index in [9.17, 15) is 18.4 Å². The topological polar surface area (TPSA) is 76.7 Å². The van der Waals surface area contributed by atoms with Crippen molar-refractivity contribution in [3.8, 4) is 11.5 Å². The number of para-hydroxylation sites is 1. The Kier molecular flexibility index (Phi) is 9.74. The third-order valence-corrected chi connectivity index (χ3v) is 4.55. The van der Waals surface area contributed by atoms with Crippen LogP contribution in [0.2, 0.25) is 0 Å². The van der Waals surface area contributed by atoms with E-state index in [1.165, 1.54) is 6.07 Å². The number of carbonyl (C=O) groups is 2. The molecule has 0 fully saturated rings. The van der Waals surface area contributed by atoms with Crippen LogP contribution in [0.4, 0.5) is 8.78 Å². The van der Waals surface area contributed by atoms with Crippen molar-refractivity contribution >= 4 is 11.8 Å². The third-order valence-electron chi connectivity index (χ3n) is 4.55. The smallest absolute Gasteiger partial charge is 0.387 e. The Bertz CT molecular complexity index is 844. The molecule has 2 aromatic rings. The number of hydrogen-bond acceptors (Lipinski definition) is 4. The molecule has 0 aromatic heterocycles. The third kappa shape index (κ3) is 7.88. The summed E-state index contributed by atoms with van der Waals surface area (Å²) in [5, 5.41) is 5.30. The molecule has 2 aromatic carbocycles. The summed E-state index contributed by atoms with van der Waals surface area (Å²) in [5.41, 5.74) is 0.849. The summed E-state index contributed by atoms with van der Waals surface area (Å²) in [6.45, 7) is 1.30. The molecule has 0 heterocycles. The fourth-order valence-electron chi connectivity index (χ4n) is 2.92. The molecule has 0 saturated heterocycles. The molecule has 31 heavy (non-hydrogen) atoms. The molecule has 0 bridgehead atoms. The van der Waals surface area contributed by atoms with Gasteiger partial charge in [0.05, 0.1) is 19.2 Å². The minimum Gasteiger partial charge on any atom is -0.494 e. The summed E-state index contributed by atoms with van der Waals surface area (Å²) in [6, 6.07) is 12.4. The van der Waals surface area contributed by atoms with Gasteiger partial charge in [-0.1, -0.05) is 38.5 Å². The first-order chi connectivity index (χ1) is 14.9. The van der Waals surface area contributed by atoms with E-state index in [2.05, 4.69) is 22.3 Å². The number of carbonyl (C=O) groups excluding carboxylic acids is 2. The largest absolute Gasteiger partial charge is 0.494 e. The molecule has 0 aliphatic carbocycles. The van der Waals surface area contributed by atoms with Gasteiger partial charge in [0.15, 0.2) is 0 Å². The van der Waals surface area contributed by atoms with E-state index in [-0.39, 0.29) is 12.3 Å². The van der Waals surface area contributed by atoms with Crippen molar-refractivity contribution in [3.63, 3.8) is 0 Å². The van der Waals surface area contributed by atoms with Gasteiger partial charge >= 0.3 is 6.61 Å². The average molecular weight is 434 g/mol. The Hall–Kier alpha value is -3.16. The maximum atomic E-state index is 12.6. The lowest BCUT2D eigenvalue weighted by Crippen LogP contribution is -2.38.